The van der Waals surface area contributed by atoms with Crippen LogP contribution < -0.4 is 0 Å². The first-order valence-electron chi connectivity index (χ1n) is 8.29. The number of benzene rings is 2. The average Bonchev–Trinajstić information content (AvgIpc) is 2.80. The molecular formula is C21H25NO. The third kappa shape index (κ3) is 2.78. The van der Waals surface area contributed by atoms with E-state index in [1.807, 2.05) is 30.3 Å². The number of phenolic OH excluding ortho intramolecular Hbond substituents is 1. The molecule has 0 heterocycles. The summed E-state index contributed by atoms with van der Waals surface area (Å²) >= 11 is 0. The lowest BCUT2D eigenvalue weighted by molar-refractivity contribution is 0.445. The van der Waals surface area contributed by atoms with Crippen LogP contribution in [0.3, 0.4) is 0 Å². The van der Waals surface area contributed by atoms with Gasteiger partial charge in [-0.1, -0.05) is 52.0 Å². The lowest BCUT2D eigenvalue weighted by Gasteiger charge is -2.24. The summed E-state index contributed by atoms with van der Waals surface area (Å²) in [6.07, 6.45) is 0.881. The molecule has 1 unspecified atom stereocenters. The maximum atomic E-state index is 11.0. The summed E-state index contributed by atoms with van der Waals surface area (Å²) in [4.78, 5) is 4.83. The maximum absolute atomic E-state index is 11.0. The Labute approximate surface area is 138 Å². The van der Waals surface area contributed by atoms with Crippen LogP contribution in [0.5, 0.6) is 5.75 Å². The van der Waals surface area contributed by atoms with Crippen molar-refractivity contribution in [2.24, 2.45) is 4.99 Å². The molecule has 120 valence electrons. The third-order valence-corrected chi connectivity index (χ3v) is 4.66. The molecule has 3 rings (SSSR count). The van der Waals surface area contributed by atoms with Crippen LogP contribution in [0.15, 0.2) is 41.4 Å². The Morgan fingerprint density at radius 3 is 2.39 bits per heavy atom. The number of aliphatic imine (C=N–C) groups is 1. The number of aryl methyl sites for hydroxylation is 1. The molecule has 0 spiro atoms. The van der Waals surface area contributed by atoms with Gasteiger partial charge in [-0.25, -0.2) is 0 Å². The van der Waals surface area contributed by atoms with Crippen molar-refractivity contribution in [3.8, 4) is 5.75 Å². The Morgan fingerprint density at radius 1 is 1.13 bits per heavy atom. The summed E-state index contributed by atoms with van der Waals surface area (Å²) in [7, 11) is 0. The van der Waals surface area contributed by atoms with E-state index in [-0.39, 0.29) is 5.41 Å². The van der Waals surface area contributed by atoms with Gasteiger partial charge in [0.05, 0.1) is 11.4 Å². The van der Waals surface area contributed by atoms with Gasteiger partial charge in [0, 0.05) is 11.1 Å². The van der Waals surface area contributed by atoms with E-state index in [0.29, 0.717) is 11.7 Å². The molecule has 0 saturated heterocycles. The number of phenols is 1. The second kappa shape index (κ2) is 5.52. The number of hydrogen-bond donors (Lipinski definition) is 1. The number of nitrogens with zero attached hydrogens (tertiary/aromatic N) is 1. The molecule has 0 saturated carbocycles. The first-order valence-corrected chi connectivity index (χ1v) is 8.29. The molecule has 2 aromatic carbocycles. The van der Waals surface area contributed by atoms with E-state index in [0.717, 1.165) is 28.9 Å². The highest BCUT2D eigenvalue weighted by Crippen LogP contribution is 2.45. The Morgan fingerprint density at radius 2 is 1.78 bits per heavy atom. The Balaban J connectivity index is 2.23. The summed E-state index contributed by atoms with van der Waals surface area (Å²) < 4.78 is 0. The van der Waals surface area contributed by atoms with Crippen molar-refractivity contribution in [3.63, 3.8) is 0 Å². The molecule has 0 aromatic heterocycles. The molecule has 2 aromatic rings. The standard InChI is InChI=1S/C21H25NO/c1-13-11-16(21(3,4)5)20(23)19-17(12-14(2)18(13)19)22-15-9-7-6-8-10-15/h6-11,14,23H,12H2,1-5H3. The van der Waals surface area contributed by atoms with Gasteiger partial charge in [-0.15, -0.1) is 0 Å². The van der Waals surface area contributed by atoms with Crippen molar-refractivity contribution < 1.29 is 5.11 Å². The van der Waals surface area contributed by atoms with Gasteiger partial charge in [0.1, 0.15) is 5.75 Å². The minimum absolute atomic E-state index is 0.0897. The second-order valence-electron chi connectivity index (χ2n) is 7.63. The van der Waals surface area contributed by atoms with Gasteiger partial charge < -0.3 is 5.11 Å². The van der Waals surface area contributed by atoms with E-state index >= 15 is 0 Å². The number of hydrogen-bond acceptors (Lipinski definition) is 2. The summed E-state index contributed by atoms with van der Waals surface area (Å²) in [6, 6.07) is 12.1. The molecule has 23 heavy (non-hydrogen) atoms. The molecule has 0 fully saturated rings. The predicted molar refractivity (Wildman–Crippen MR) is 97.2 cm³/mol. The lowest BCUT2D eigenvalue weighted by atomic mass is 9.82. The van der Waals surface area contributed by atoms with Crippen LogP contribution in [-0.2, 0) is 5.41 Å². The van der Waals surface area contributed by atoms with Crippen LogP contribution >= 0.6 is 0 Å². The van der Waals surface area contributed by atoms with Gasteiger partial charge in [-0.3, -0.25) is 4.99 Å². The fourth-order valence-electron chi connectivity index (χ4n) is 3.57. The van der Waals surface area contributed by atoms with E-state index in [4.69, 9.17) is 4.99 Å². The van der Waals surface area contributed by atoms with Crippen LogP contribution in [0.25, 0.3) is 0 Å². The molecule has 1 atom stereocenters. The Kier molecular flexibility index (Phi) is 3.79. The van der Waals surface area contributed by atoms with E-state index in [1.165, 1.54) is 11.1 Å². The molecule has 1 N–H and O–H groups in total. The molecule has 0 radical (unpaired) electrons. The van der Waals surface area contributed by atoms with Crippen LogP contribution in [0.1, 0.15) is 62.3 Å². The summed E-state index contributed by atoms with van der Waals surface area (Å²) in [5, 5.41) is 11.0. The molecule has 1 aliphatic rings. The lowest BCUT2D eigenvalue weighted by Crippen LogP contribution is -2.13. The average molecular weight is 307 g/mol. The molecule has 0 aliphatic heterocycles. The highest BCUT2D eigenvalue weighted by molar-refractivity contribution is 6.09. The zero-order valence-corrected chi connectivity index (χ0v) is 14.6. The predicted octanol–water partition coefficient (Wildman–Crippen LogP) is 5.63. The first-order chi connectivity index (χ1) is 10.8. The van der Waals surface area contributed by atoms with Crippen molar-refractivity contribution in [2.45, 2.75) is 52.4 Å². The second-order valence-corrected chi connectivity index (χ2v) is 7.63. The largest absolute Gasteiger partial charge is 0.507 e. The van der Waals surface area contributed by atoms with E-state index < -0.39 is 0 Å². The number of rotatable bonds is 1. The SMILES string of the molecule is Cc1cc(C(C)(C)C)c(O)c2c1C(C)CC2=Nc1ccccc1. The zero-order chi connectivity index (χ0) is 16.8. The zero-order valence-electron chi connectivity index (χ0n) is 14.6. The van der Waals surface area contributed by atoms with Crippen LogP contribution in [0, 0.1) is 6.92 Å². The number of aromatic hydroxyl groups is 1. The minimum atomic E-state index is -0.0897. The van der Waals surface area contributed by atoms with Gasteiger partial charge in [0.15, 0.2) is 0 Å². The van der Waals surface area contributed by atoms with Crippen molar-refractivity contribution >= 4 is 11.4 Å². The quantitative estimate of drug-likeness (QED) is 0.728. The topological polar surface area (TPSA) is 32.6 Å². The van der Waals surface area contributed by atoms with E-state index in [1.54, 1.807) is 0 Å². The molecule has 1 aliphatic carbocycles. The van der Waals surface area contributed by atoms with E-state index in [2.05, 4.69) is 40.7 Å². The maximum Gasteiger partial charge on any atom is 0.128 e. The van der Waals surface area contributed by atoms with Crippen molar-refractivity contribution in [3.05, 3.63) is 58.7 Å². The van der Waals surface area contributed by atoms with Gasteiger partial charge in [-0.2, -0.15) is 0 Å². The van der Waals surface area contributed by atoms with Crippen LogP contribution in [0.4, 0.5) is 5.69 Å². The molecule has 0 bridgehead atoms. The molecule has 2 heteroatoms. The van der Waals surface area contributed by atoms with Crippen molar-refractivity contribution in [1.29, 1.82) is 0 Å². The van der Waals surface area contributed by atoms with Crippen molar-refractivity contribution in [2.75, 3.05) is 0 Å². The van der Waals surface area contributed by atoms with Gasteiger partial charge in [0.25, 0.3) is 0 Å². The van der Waals surface area contributed by atoms with Gasteiger partial charge in [-0.05, 0) is 47.9 Å². The van der Waals surface area contributed by atoms with Crippen LogP contribution in [0.2, 0.25) is 0 Å². The third-order valence-electron chi connectivity index (χ3n) is 4.66. The summed E-state index contributed by atoms with van der Waals surface area (Å²) in [5.41, 5.74) is 6.34. The highest BCUT2D eigenvalue weighted by Gasteiger charge is 2.33. The van der Waals surface area contributed by atoms with Gasteiger partial charge >= 0.3 is 0 Å². The summed E-state index contributed by atoms with van der Waals surface area (Å²) in [5.74, 6) is 0.810. The van der Waals surface area contributed by atoms with E-state index in [9.17, 15) is 5.11 Å². The Bertz CT molecular complexity index is 767. The Hall–Kier alpha value is -2.09. The number of para-hydroxylation sites is 1. The van der Waals surface area contributed by atoms with Crippen LogP contribution in [-0.4, -0.2) is 10.8 Å². The first kappa shape index (κ1) is 15.8. The monoisotopic (exact) mass is 307 g/mol. The normalized spacial score (nSPS) is 19.2. The van der Waals surface area contributed by atoms with Gasteiger partial charge in [0.2, 0.25) is 0 Å². The fraction of sp³-hybridized carbons (Fsp3) is 0.381. The molecular weight excluding hydrogens is 282 g/mol. The fourth-order valence-corrected chi connectivity index (χ4v) is 3.57. The van der Waals surface area contributed by atoms with Crippen molar-refractivity contribution in [1.82, 2.24) is 0 Å². The molecule has 0 amide bonds. The smallest absolute Gasteiger partial charge is 0.128 e. The summed E-state index contributed by atoms with van der Waals surface area (Å²) in [6.45, 7) is 10.8. The number of fused-ring (bicyclic) bond motifs is 1. The minimum Gasteiger partial charge on any atom is -0.507 e. The highest BCUT2D eigenvalue weighted by atomic mass is 16.3. The molecule has 2 nitrogen and oxygen atoms in total.